The van der Waals surface area contributed by atoms with Crippen molar-refractivity contribution < 1.29 is 0 Å². The minimum Gasteiger partial charge on any atom is -0.344 e. The maximum atomic E-state index is 2.62. The van der Waals surface area contributed by atoms with E-state index in [1.807, 2.05) is 0 Å². The van der Waals surface area contributed by atoms with Crippen molar-refractivity contribution in [1.29, 1.82) is 0 Å². The second-order valence-electron chi connectivity index (χ2n) is 7.38. The van der Waals surface area contributed by atoms with Gasteiger partial charge in [0.1, 0.15) is 0 Å². The average Bonchev–Trinajstić information content (AvgIpc) is 3.05. The van der Waals surface area contributed by atoms with Crippen LogP contribution in [-0.4, -0.2) is 22.6 Å². The molecule has 5 rings (SSSR count). The summed E-state index contributed by atoms with van der Waals surface area (Å²) in [5.41, 5.74) is 6.09. The van der Waals surface area contributed by atoms with E-state index in [4.69, 9.17) is 0 Å². The molecule has 3 heterocycles. The summed E-state index contributed by atoms with van der Waals surface area (Å²) in [7, 11) is 2.32. The van der Waals surface area contributed by atoms with Crippen LogP contribution in [0.15, 0.2) is 54.6 Å². The lowest BCUT2D eigenvalue weighted by molar-refractivity contribution is 0.222. The van der Waals surface area contributed by atoms with E-state index in [9.17, 15) is 0 Å². The number of aryl methyl sites for hydroxylation is 2. The molecule has 2 aliphatic rings. The van der Waals surface area contributed by atoms with Gasteiger partial charge in [0, 0.05) is 41.6 Å². The van der Waals surface area contributed by atoms with Crippen molar-refractivity contribution in [2.45, 2.75) is 44.3 Å². The number of hydrogen-bond donors (Lipinski definition) is 0. The molecule has 0 amide bonds. The Morgan fingerprint density at radius 3 is 2.62 bits per heavy atom. The van der Waals surface area contributed by atoms with E-state index in [1.165, 1.54) is 35.7 Å². The molecule has 0 spiro atoms. The smallest absolute Gasteiger partial charge is 0.0486 e. The molecule has 2 heteroatoms. The molecular formula is C22H24N2. The highest BCUT2D eigenvalue weighted by Crippen LogP contribution is 2.46. The first kappa shape index (κ1) is 14.3. The number of fused-ring (bicyclic) bond motifs is 6. The third kappa shape index (κ3) is 2.06. The highest BCUT2D eigenvalue weighted by molar-refractivity contribution is 5.86. The van der Waals surface area contributed by atoms with Crippen molar-refractivity contribution in [2.75, 3.05) is 7.05 Å². The Labute approximate surface area is 143 Å². The second kappa shape index (κ2) is 5.49. The normalized spacial score (nSPS) is 22.9. The van der Waals surface area contributed by atoms with Gasteiger partial charge >= 0.3 is 0 Å². The molecule has 2 atom stereocenters. The van der Waals surface area contributed by atoms with Crippen LogP contribution in [0.3, 0.4) is 0 Å². The SMILES string of the molecule is CN1C2CCC1c1c(n(CCc3ccccc3)c3ccccc13)C2. The van der Waals surface area contributed by atoms with Gasteiger partial charge in [0.05, 0.1) is 0 Å². The van der Waals surface area contributed by atoms with Gasteiger partial charge in [0.2, 0.25) is 0 Å². The highest BCUT2D eigenvalue weighted by atomic mass is 15.2. The average molecular weight is 316 g/mol. The first-order valence-corrected chi connectivity index (χ1v) is 9.19. The Bertz CT molecular complexity index is 878. The zero-order valence-electron chi connectivity index (χ0n) is 14.3. The molecule has 24 heavy (non-hydrogen) atoms. The zero-order chi connectivity index (χ0) is 16.1. The molecule has 0 radical (unpaired) electrons. The number of nitrogens with zero attached hydrogens (tertiary/aromatic N) is 2. The van der Waals surface area contributed by atoms with Crippen molar-refractivity contribution in [3.63, 3.8) is 0 Å². The topological polar surface area (TPSA) is 8.17 Å². The number of hydrogen-bond acceptors (Lipinski definition) is 1. The second-order valence-corrected chi connectivity index (χ2v) is 7.38. The summed E-state index contributed by atoms with van der Waals surface area (Å²) < 4.78 is 2.62. The molecule has 3 aromatic rings. The van der Waals surface area contributed by atoms with Crippen LogP contribution in [0.4, 0.5) is 0 Å². The van der Waals surface area contributed by atoms with E-state index in [-0.39, 0.29) is 0 Å². The van der Waals surface area contributed by atoms with Crippen LogP contribution in [0.1, 0.15) is 35.7 Å². The summed E-state index contributed by atoms with van der Waals surface area (Å²) in [4.78, 5) is 2.62. The van der Waals surface area contributed by atoms with E-state index in [0.717, 1.165) is 19.0 Å². The van der Waals surface area contributed by atoms with Crippen molar-refractivity contribution >= 4 is 10.9 Å². The van der Waals surface area contributed by atoms with Gasteiger partial charge in [-0.15, -0.1) is 0 Å². The molecule has 1 saturated heterocycles. The monoisotopic (exact) mass is 316 g/mol. The fraction of sp³-hybridized carbons (Fsp3) is 0.364. The van der Waals surface area contributed by atoms with Gasteiger partial charge in [-0.1, -0.05) is 48.5 Å². The number of aromatic nitrogens is 1. The standard InChI is InChI=1S/C22H24N2/c1-23-17-11-12-20(23)22-18-9-5-6-10-19(18)24(21(22)15-17)14-13-16-7-3-2-4-8-16/h2-10,17,20H,11-15H2,1H3. The van der Waals surface area contributed by atoms with Crippen molar-refractivity contribution in [2.24, 2.45) is 0 Å². The van der Waals surface area contributed by atoms with Crippen LogP contribution in [0.5, 0.6) is 0 Å². The quantitative estimate of drug-likeness (QED) is 0.687. The molecule has 1 fully saturated rings. The third-order valence-electron chi connectivity index (χ3n) is 6.19. The fourth-order valence-corrected chi connectivity index (χ4v) is 4.95. The van der Waals surface area contributed by atoms with E-state index in [2.05, 4.69) is 71.1 Å². The Morgan fingerprint density at radius 2 is 1.75 bits per heavy atom. The molecule has 0 saturated carbocycles. The van der Waals surface area contributed by atoms with Gasteiger partial charge in [0.25, 0.3) is 0 Å². The lowest BCUT2D eigenvalue weighted by Gasteiger charge is -2.32. The molecule has 2 aromatic carbocycles. The van der Waals surface area contributed by atoms with Crippen LogP contribution in [0.2, 0.25) is 0 Å². The molecule has 0 N–H and O–H groups in total. The Hall–Kier alpha value is -2.06. The van der Waals surface area contributed by atoms with Gasteiger partial charge in [-0.2, -0.15) is 0 Å². The van der Waals surface area contributed by atoms with E-state index in [1.54, 1.807) is 11.3 Å². The van der Waals surface area contributed by atoms with Crippen molar-refractivity contribution in [1.82, 2.24) is 9.47 Å². The number of likely N-dealkylation sites (N-methyl/N-ethyl adjacent to an activating group) is 1. The summed E-state index contributed by atoms with van der Waals surface area (Å²) in [6.45, 7) is 1.09. The predicted octanol–water partition coefficient (Wildman–Crippen LogP) is 4.58. The first-order valence-electron chi connectivity index (χ1n) is 9.19. The van der Waals surface area contributed by atoms with Gasteiger partial charge in [-0.05, 0) is 43.5 Å². The summed E-state index contributed by atoms with van der Waals surface area (Å²) in [5, 5.41) is 1.48. The summed E-state index contributed by atoms with van der Waals surface area (Å²) >= 11 is 0. The minimum atomic E-state index is 0.627. The van der Waals surface area contributed by atoms with Gasteiger partial charge in [-0.3, -0.25) is 4.90 Å². The summed E-state index contributed by atoms with van der Waals surface area (Å²) in [5.74, 6) is 0. The summed E-state index contributed by atoms with van der Waals surface area (Å²) in [6, 6.07) is 21.3. The molecule has 1 aromatic heterocycles. The highest BCUT2D eigenvalue weighted by Gasteiger charge is 2.40. The van der Waals surface area contributed by atoms with Gasteiger partial charge in [0.15, 0.2) is 0 Å². The van der Waals surface area contributed by atoms with Crippen molar-refractivity contribution in [3.05, 3.63) is 71.4 Å². The van der Waals surface area contributed by atoms with Crippen molar-refractivity contribution in [3.8, 4) is 0 Å². The molecule has 2 nitrogen and oxygen atoms in total. The molecule has 0 aliphatic carbocycles. The van der Waals surface area contributed by atoms with E-state index in [0.29, 0.717) is 6.04 Å². The minimum absolute atomic E-state index is 0.627. The summed E-state index contributed by atoms with van der Waals surface area (Å²) in [6.07, 6.45) is 4.99. The van der Waals surface area contributed by atoms with Crippen LogP contribution < -0.4 is 0 Å². The van der Waals surface area contributed by atoms with Gasteiger partial charge < -0.3 is 4.57 Å². The third-order valence-corrected chi connectivity index (χ3v) is 6.19. The Morgan fingerprint density at radius 1 is 0.958 bits per heavy atom. The fourth-order valence-electron chi connectivity index (χ4n) is 4.95. The maximum absolute atomic E-state index is 2.62. The Kier molecular flexibility index (Phi) is 3.27. The van der Waals surface area contributed by atoms with Crippen LogP contribution in [0, 0.1) is 0 Å². The predicted molar refractivity (Wildman–Crippen MR) is 99.3 cm³/mol. The van der Waals surface area contributed by atoms with E-state index >= 15 is 0 Å². The zero-order valence-corrected chi connectivity index (χ0v) is 14.3. The number of rotatable bonds is 3. The maximum Gasteiger partial charge on any atom is 0.0486 e. The molecule has 2 bridgehead atoms. The molecular weight excluding hydrogens is 292 g/mol. The molecule has 2 unspecified atom stereocenters. The first-order chi connectivity index (χ1) is 11.8. The van der Waals surface area contributed by atoms with E-state index < -0.39 is 0 Å². The molecule has 122 valence electrons. The van der Waals surface area contributed by atoms with Gasteiger partial charge in [-0.25, -0.2) is 0 Å². The lowest BCUT2D eigenvalue weighted by Crippen LogP contribution is -2.34. The number of benzene rings is 2. The number of para-hydroxylation sites is 1. The Balaban J connectivity index is 1.60. The largest absolute Gasteiger partial charge is 0.344 e. The van der Waals surface area contributed by atoms with Crippen LogP contribution >= 0.6 is 0 Å². The molecule has 2 aliphatic heterocycles. The van der Waals surface area contributed by atoms with Crippen LogP contribution in [0.25, 0.3) is 10.9 Å². The lowest BCUT2D eigenvalue weighted by atomic mass is 9.97. The van der Waals surface area contributed by atoms with Crippen LogP contribution in [-0.2, 0) is 19.4 Å².